The Hall–Kier alpha value is -1.75. The van der Waals surface area contributed by atoms with E-state index in [1.807, 2.05) is 0 Å². The normalized spacial score (nSPS) is 27.7. The van der Waals surface area contributed by atoms with E-state index in [0.29, 0.717) is 48.4 Å². The molecule has 1 aromatic rings. The van der Waals surface area contributed by atoms with Crippen LogP contribution < -0.4 is 9.47 Å². The van der Waals surface area contributed by atoms with Crippen LogP contribution in [0.1, 0.15) is 37.7 Å². The van der Waals surface area contributed by atoms with Gasteiger partial charge in [0, 0.05) is 11.8 Å². The second-order valence-electron chi connectivity index (χ2n) is 7.10. The van der Waals surface area contributed by atoms with Crippen LogP contribution >= 0.6 is 11.6 Å². The van der Waals surface area contributed by atoms with E-state index in [2.05, 4.69) is 0 Å². The van der Waals surface area contributed by atoms with E-state index in [0.717, 1.165) is 24.8 Å². The molecule has 0 amide bonds. The molecule has 25 heavy (non-hydrogen) atoms. The first-order valence-electron chi connectivity index (χ1n) is 8.90. The third-order valence-corrected chi connectivity index (χ3v) is 5.70. The van der Waals surface area contributed by atoms with E-state index in [4.69, 9.17) is 25.8 Å². The van der Waals surface area contributed by atoms with Crippen LogP contribution in [0.5, 0.6) is 11.5 Å². The summed E-state index contributed by atoms with van der Waals surface area (Å²) in [6.07, 6.45) is 4.19. The van der Waals surface area contributed by atoms with Gasteiger partial charge in [0.05, 0.1) is 10.9 Å². The first-order valence-corrected chi connectivity index (χ1v) is 9.28. The minimum atomic E-state index is -0.213. The van der Waals surface area contributed by atoms with E-state index in [9.17, 15) is 9.59 Å². The van der Waals surface area contributed by atoms with Gasteiger partial charge in [0.25, 0.3) is 0 Å². The molecule has 5 nitrogen and oxygen atoms in total. The topological polar surface area (TPSA) is 61.8 Å². The lowest BCUT2D eigenvalue weighted by molar-refractivity contribution is -0.154. The molecule has 6 heteroatoms. The lowest BCUT2D eigenvalue weighted by Crippen LogP contribution is -2.39. The summed E-state index contributed by atoms with van der Waals surface area (Å²) in [6.45, 7) is 1.10. The molecule has 134 valence electrons. The van der Waals surface area contributed by atoms with Crippen LogP contribution in [0.15, 0.2) is 12.1 Å². The number of hydrogen-bond acceptors (Lipinski definition) is 5. The van der Waals surface area contributed by atoms with Crippen molar-refractivity contribution in [3.05, 3.63) is 22.7 Å². The molecule has 3 aliphatic rings. The monoisotopic (exact) mass is 364 g/mol. The molecule has 0 N–H and O–H groups in total. The van der Waals surface area contributed by atoms with Crippen molar-refractivity contribution >= 4 is 23.4 Å². The Morgan fingerprint density at radius 2 is 1.88 bits per heavy atom. The smallest absolute Gasteiger partial charge is 0.309 e. The van der Waals surface area contributed by atoms with Gasteiger partial charge in [-0.05, 0) is 43.4 Å². The van der Waals surface area contributed by atoms with E-state index in [1.54, 1.807) is 12.1 Å². The van der Waals surface area contributed by atoms with Gasteiger partial charge >= 0.3 is 5.97 Å². The largest absolute Gasteiger partial charge is 0.486 e. The highest BCUT2D eigenvalue weighted by molar-refractivity contribution is 6.32. The van der Waals surface area contributed by atoms with Crippen LogP contribution in [0.2, 0.25) is 5.02 Å². The fourth-order valence-electron chi connectivity index (χ4n) is 4.19. The summed E-state index contributed by atoms with van der Waals surface area (Å²) in [5.41, 5.74) is 0.773. The van der Waals surface area contributed by atoms with Crippen LogP contribution in [-0.2, 0) is 20.9 Å². The number of carbonyl (C=O) groups excluding carboxylic acids is 2. The Bertz CT molecular complexity index is 685. The van der Waals surface area contributed by atoms with Crippen LogP contribution in [0.3, 0.4) is 0 Å². The lowest BCUT2D eigenvalue weighted by Gasteiger charge is -2.36. The SMILES string of the molecule is O=C(OCc1cc(Cl)c2c(c1)OCCO2)C1C[C@@H]2CCC[C@@H](C1)C2=O. The summed E-state index contributed by atoms with van der Waals surface area (Å²) >= 11 is 6.21. The highest BCUT2D eigenvalue weighted by atomic mass is 35.5. The molecule has 0 radical (unpaired) electrons. The zero-order valence-corrected chi connectivity index (χ0v) is 14.7. The third-order valence-electron chi connectivity index (χ3n) is 5.42. The van der Waals surface area contributed by atoms with Crippen molar-refractivity contribution < 1.29 is 23.8 Å². The predicted octanol–water partition coefficient (Wildman–Crippen LogP) is 3.55. The number of hydrogen-bond donors (Lipinski definition) is 0. The number of rotatable bonds is 3. The number of ketones is 1. The second-order valence-corrected chi connectivity index (χ2v) is 7.51. The average molecular weight is 365 g/mol. The minimum Gasteiger partial charge on any atom is -0.486 e. The molecule has 2 fully saturated rings. The molecule has 2 bridgehead atoms. The Kier molecular flexibility index (Phi) is 4.59. The van der Waals surface area contributed by atoms with Gasteiger partial charge in [-0.2, -0.15) is 0 Å². The highest BCUT2D eigenvalue weighted by Gasteiger charge is 2.41. The van der Waals surface area contributed by atoms with Gasteiger partial charge in [-0.3, -0.25) is 9.59 Å². The standard InChI is InChI=1S/C19H21ClO5/c20-15-6-11(7-16-18(15)24-5-4-23-16)10-25-19(22)14-8-12-2-1-3-13(9-14)17(12)21/h6-7,12-14H,1-5,8-10H2/t12-,13-/m0/s1. The van der Waals surface area contributed by atoms with Crippen molar-refractivity contribution in [2.45, 2.75) is 38.7 Å². The number of Topliss-reactive ketones (excluding diaryl/α,β-unsaturated/α-hetero) is 1. The van der Waals surface area contributed by atoms with Crippen LogP contribution in [0.25, 0.3) is 0 Å². The number of ether oxygens (including phenoxy) is 3. The molecule has 2 aliphatic carbocycles. The Morgan fingerprint density at radius 1 is 1.16 bits per heavy atom. The number of esters is 1. The van der Waals surface area contributed by atoms with Crippen molar-refractivity contribution in [3.8, 4) is 11.5 Å². The summed E-state index contributed by atoms with van der Waals surface area (Å²) in [5.74, 6) is 1.21. The summed E-state index contributed by atoms with van der Waals surface area (Å²) < 4.78 is 16.5. The second kappa shape index (κ2) is 6.87. The molecule has 2 saturated carbocycles. The number of benzene rings is 1. The quantitative estimate of drug-likeness (QED) is 0.767. The van der Waals surface area contributed by atoms with Crippen molar-refractivity contribution in [3.63, 3.8) is 0 Å². The first kappa shape index (κ1) is 16.7. The van der Waals surface area contributed by atoms with Crippen molar-refractivity contribution in [1.82, 2.24) is 0 Å². The van der Waals surface area contributed by atoms with E-state index in [-0.39, 0.29) is 30.3 Å². The van der Waals surface area contributed by atoms with Crippen molar-refractivity contribution in [2.24, 2.45) is 17.8 Å². The van der Waals surface area contributed by atoms with E-state index in [1.165, 1.54) is 0 Å². The molecule has 0 saturated heterocycles. The van der Waals surface area contributed by atoms with Gasteiger partial charge in [-0.25, -0.2) is 0 Å². The Balaban J connectivity index is 1.39. The first-order chi connectivity index (χ1) is 12.1. The zero-order chi connectivity index (χ0) is 17.4. The summed E-state index contributed by atoms with van der Waals surface area (Å²) in [4.78, 5) is 24.6. The maximum atomic E-state index is 12.5. The molecule has 1 aromatic carbocycles. The number of halogens is 1. The van der Waals surface area contributed by atoms with Gasteiger partial charge in [-0.1, -0.05) is 18.0 Å². The molecule has 0 spiro atoms. The van der Waals surface area contributed by atoms with E-state index < -0.39 is 0 Å². The molecule has 4 rings (SSSR count). The summed E-state index contributed by atoms with van der Waals surface area (Å²) in [7, 11) is 0. The molecule has 0 aromatic heterocycles. The van der Waals surface area contributed by atoms with Gasteiger partial charge in [0.1, 0.15) is 25.6 Å². The molecule has 1 aliphatic heterocycles. The van der Waals surface area contributed by atoms with Gasteiger partial charge in [0.15, 0.2) is 11.5 Å². The zero-order valence-electron chi connectivity index (χ0n) is 14.0. The third kappa shape index (κ3) is 3.34. The van der Waals surface area contributed by atoms with Crippen molar-refractivity contribution in [2.75, 3.05) is 13.2 Å². The maximum absolute atomic E-state index is 12.5. The van der Waals surface area contributed by atoms with E-state index >= 15 is 0 Å². The molecule has 1 heterocycles. The lowest BCUT2D eigenvalue weighted by atomic mass is 9.67. The van der Waals surface area contributed by atoms with Crippen molar-refractivity contribution in [1.29, 1.82) is 0 Å². The molecular weight excluding hydrogens is 344 g/mol. The predicted molar refractivity (Wildman–Crippen MR) is 90.8 cm³/mol. The minimum absolute atomic E-state index is 0.0498. The number of carbonyl (C=O) groups is 2. The van der Waals surface area contributed by atoms with Gasteiger partial charge in [0.2, 0.25) is 0 Å². The van der Waals surface area contributed by atoms with Crippen LogP contribution in [0, 0.1) is 17.8 Å². The number of fused-ring (bicyclic) bond motifs is 3. The van der Waals surface area contributed by atoms with Crippen LogP contribution in [-0.4, -0.2) is 25.0 Å². The molecule has 2 atom stereocenters. The van der Waals surface area contributed by atoms with Crippen LogP contribution in [0.4, 0.5) is 0 Å². The van der Waals surface area contributed by atoms with Gasteiger partial charge < -0.3 is 14.2 Å². The Morgan fingerprint density at radius 3 is 2.64 bits per heavy atom. The summed E-state index contributed by atoms with van der Waals surface area (Å²) in [5, 5.41) is 0.459. The average Bonchev–Trinajstić information content (AvgIpc) is 2.59. The molecular formula is C19H21ClO5. The fraction of sp³-hybridized carbons (Fsp3) is 0.579. The maximum Gasteiger partial charge on any atom is 0.309 e. The Labute approximate surface area is 151 Å². The highest BCUT2D eigenvalue weighted by Crippen LogP contribution is 2.41. The molecule has 0 unspecified atom stereocenters. The summed E-state index contributed by atoms with van der Waals surface area (Å²) in [6, 6.07) is 3.54. The van der Waals surface area contributed by atoms with Gasteiger partial charge in [-0.15, -0.1) is 0 Å². The fourth-order valence-corrected chi connectivity index (χ4v) is 4.48.